The van der Waals surface area contributed by atoms with Crippen LogP contribution >= 0.6 is 0 Å². The van der Waals surface area contributed by atoms with Gasteiger partial charge < -0.3 is 5.11 Å². The molecule has 0 aliphatic carbocycles. The van der Waals surface area contributed by atoms with Gasteiger partial charge in [0.1, 0.15) is 0 Å². The van der Waals surface area contributed by atoms with Gasteiger partial charge in [-0.3, -0.25) is 0 Å². The minimum absolute atomic E-state index is 0.174. The third-order valence-corrected chi connectivity index (χ3v) is 11.4. The molecule has 0 aromatic carbocycles. The Bertz CT molecular complexity index is 160. The summed E-state index contributed by atoms with van der Waals surface area (Å²) in [6.45, 7) is 17.2. The zero-order chi connectivity index (χ0) is 10.2. The van der Waals surface area contributed by atoms with Gasteiger partial charge in [0.05, 0.1) is 0 Å². The summed E-state index contributed by atoms with van der Waals surface area (Å²) in [5, 5.41) is 11.7. The van der Waals surface area contributed by atoms with E-state index in [2.05, 4.69) is 45.9 Å². The molecule has 3 heteroatoms. The Morgan fingerprint density at radius 2 is 1.25 bits per heavy atom. The van der Waals surface area contributed by atoms with Crippen molar-refractivity contribution in [1.29, 1.82) is 0 Å². The van der Waals surface area contributed by atoms with E-state index < -0.39 is 16.1 Å². The van der Waals surface area contributed by atoms with Gasteiger partial charge in [0.2, 0.25) is 0 Å². The lowest BCUT2D eigenvalue weighted by Gasteiger charge is -2.42. The molecule has 0 unspecified atom stereocenters. The summed E-state index contributed by atoms with van der Waals surface area (Å²) in [5.74, 6) is 0.174. The van der Waals surface area contributed by atoms with E-state index in [1.165, 1.54) is 0 Å². The van der Waals surface area contributed by atoms with Gasteiger partial charge in [0.25, 0.3) is 0 Å². The van der Waals surface area contributed by atoms with E-state index in [1.807, 2.05) is 0 Å². The standard InChI is InChI=1S/C9H22OSi2/c1-8(10)9(11(2,3)4)12(5,6)7/h9-10H,1H2,2-7H3/p-1. The van der Waals surface area contributed by atoms with Crippen molar-refractivity contribution in [3.05, 3.63) is 12.3 Å². The molecule has 0 aliphatic heterocycles. The van der Waals surface area contributed by atoms with Gasteiger partial charge in [-0.05, 0) is 5.16 Å². The van der Waals surface area contributed by atoms with E-state index in [9.17, 15) is 5.11 Å². The van der Waals surface area contributed by atoms with Gasteiger partial charge in [-0.15, -0.1) is 12.3 Å². The van der Waals surface area contributed by atoms with Crippen molar-refractivity contribution in [1.82, 2.24) is 0 Å². The quantitative estimate of drug-likeness (QED) is 0.508. The first kappa shape index (κ1) is 12.0. The van der Waals surface area contributed by atoms with Gasteiger partial charge >= 0.3 is 0 Å². The Morgan fingerprint density at radius 3 is 1.25 bits per heavy atom. The second-order valence-electron chi connectivity index (χ2n) is 5.63. The van der Waals surface area contributed by atoms with Crippen molar-refractivity contribution in [3.63, 3.8) is 0 Å². The molecule has 0 amide bonds. The normalized spacial score (nSPS) is 13.6. The zero-order valence-electron chi connectivity index (χ0n) is 9.19. The number of allylic oxidation sites excluding steroid dienone is 1. The summed E-state index contributed by atoms with van der Waals surface area (Å²) >= 11 is 0. The van der Waals surface area contributed by atoms with Crippen LogP contribution in [0.3, 0.4) is 0 Å². The van der Waals surface area contributed by atoms with Gasteiger partial charge in [-0.2, -0.15) is 0 Å². The van der Waals surface area contributed by atoms with Gasteiger partial charge in [-0.25, -0.2) is 0 Å². The fourth-order valence-electron chi connectivity index (χ4n) is 2.26. The summed E-state index contributed by atoms with van der Waals surface area (Å²) in [6.07, 6.45) is 0. The van der Waals surface area contributed by atoms with Crippen LogP contribution in [-0.4, -0.2) is 16.1 Å². The summed E-state index contributed by atoms with van der Waals surface area (Å²) in [4.78, 5) is 0. The second-order valence-corrected chi connectivity index (χ2v) is 16.8. The molecule has 0 heterocycles. The monoisotopic (exact) mass is 201 g/mol. The number of hydrogen-bond acceptors (Lipinski definition) is 1. The predicted octanol–water partition coefficient (Wildman–Crippen LogP) is 2.45. The van der Waals surface area contributed by atoms with Crippen LogP contribution in [-0.2, 0) is 0 Å². The molecule has 0 radical (unpaired) electrons. The first-order chi connectivity index (χ1) is 5.07. The predicted molar refractivity (Wildman–Crippen MR) is 59.6 cm³/mol. The van der Waals surface area contributed by atoms with Crippen LogP contribution in [0.15, 0.2) is 12.3 Å². The molecule has 72 valence electrons. The SMILES string of the molecule is C=C([O-])C([Si](C)(C)C)[Si](C)(C)C. The highest BCUT2D eigenvalue weighted by molar-refractivity contribution is 6.97. The average molecular weight is 201 g/mol. The summed E-state index contributed by atoms with van der Waals surface area (Å²) in [5.41, 5.74) is 0. The summed E-state index contributed by atoms with van der Waals surface area (Å²) in [6, 6.07) is 0. The van der Waals surface area contributed by atoms with Crippen LogP contribution in [0.1, 0.15) is 0 Å². The largest absolute Gasteiger partial charge is 0.876 e. The highest BCUT2D eigenvalue weighted by Crippen LogP contribution is 2.35. The Kier molecular flexibility index (Phi) is 3.37. The van der Waals surface area contributed by atoms with Crippen LogP contribution in [0.4, 0.5) is 0 Å². The third kappa shape index (κ3) is 3.15. The molecular formula is C9H21OSi2-. The molecule has 0 N–H and O–H groups in total. The Balaban J connectivity index is 4.82. The lowest BCUT2D eigenvalue weighted by molar-refractivity contribution is -0.303. The molecule has 0 fully saturated rings. The second kappa shape index (κ2) is 3.38. The van der Waals surface area contributed by atoms with Crippen LogP contribution < -0.4 is 5.11 Å². The molecule has 0 aromatic rings. The van der Waals surface area contributed by atoms with E-state index in [0.717, 1.165) is 0 Å². The van der Waals surface area contributed by atoms with Crippen molar-refractivity contribution in [2.45, 2.75) is 44.4 Å². The van der Waals surface area contributed by atoms with Crippen LogP contribution in [0, 0.1) is 0 Å². The molecular weight excluding hydrogens is 180 g/mol. The fourth-order valence-corrected chi connectivity index (χ4v) is 14.6. The Morgan fingerprint density at radius 1 is 1.00 bits per heavy atom. The van der Waals surface area contributed by atoms with Gasteiger partial charge in [0, 0.05) is 16.1 Å². The highest BCUT2D eigenvalue weighted by Gasteiger charge is 2.36. The first-order valence-electron chi connectivity index (χ1n) is 4.42. The van der Waals surface area contributed by atoms with Crippen LogP contribution in [0.5, 0.6) is 0 Å². The number of hydrogen-bond donors (Lipinski definition) is 0. The lowest BCUT2D eigenvalue weighted by Crippen LogP contribution is -2.46. The van der Waals surface area contributed by atoms with Crippen LogP contribution in [0.25, 0.3) is 0 Å². The smallest absolute Gasteiger partial charge is 0.0478 e. The van der Waals surface area contributed by atoms with Gasteiger partial charge in [0.15, 0.2) is 0 Å². The molecule has 0 bridgehead atoms. The average Bonchev–Trinajstić information content (AvgIpc) is 1.49. The maximum atomic E-state index is 11.4. The van der Waals surface area contributed by atoms with E-state index in [1.54, 1.807) is 0 Å². The molecule has 1 nitrogen and oxygen atoms in total. The minimum Gasteiger partial charge on any atom is -0.876 e. The third-order valence-electron chi connectivity index (χ3n) is 2.05. The molecule has 0 spiro atoms. The van der Waals surface area contributed by atoms with E-state index in [-0.39, 0.29) is 5.76 Å². The first-order valence-corrected chi connectivity index (χ1v) is 11.6. The molecule has 0 aliphatic rings. The van der Waals surface area contributed by atoms with Crippen molar-refractivity contribution >= 4 is 16.1 Å². The molecule has 0 atom stereocenters. The molecule has 0 saturated heterocycles. The van der Waals surface area contributed by atoms with Crippen molar-refractivity contribution < 1.29 is 5.11 Å². The van der Waals surface area contributed by atoms with Crippen molar-refractivity contribution in [2.75, 3.05) is 0 Å². The van der Waals surface area contributed by atoms with Gasteiger partial charge in [-0.1, -0.05) is 39.3 Å². The maximum Gasteiger partial charge on any atom is 0.0478 e. The Labute approximate surface area is 78.5 Å². The minimum atomic E-state index is -1.34. The van der Waals surface area contributed by atoms with E-state index in [0.29, 0.717) is 5.16 Å². The topological polar surface area (TPSA) is 23.1 Å². The van der Waals surface area contributed by atoms with E-state index >= 15 is 0 Å². The maximum absolute atomic E-state index is 11.4. The molecule has 0 rings (SSSR count). The molecule has 0 saturated carbocycles. The fraction of sp³-hybridized carbons (Fsp3) is 0.778. The molecule has 12 heavy (non-hydrogen) atoms. The zero-order valence-corrected chi connectivity index (χ0v) is 11.2. The highest BCUT2D eigenvalue weighted by atomic mass is 28.4. The van der Waals surface area contributed by atoms with Crippen molar-refractivity contribution in [3.8, 4) is 0 Å². The number of rotatable bonds is 3. The Hall–Kier alpha value is -0.0262. The van der Waals surface area contributed by atoms with Crippen molar-refractivity contribution in [2.24, 2.45) is 0 Å². The summed E-state index contributed by atoms with van der Waals surface area (Å²) < 4.78 is 0. The van der Waals surface area contributed by atoms with E-state index in [4.69, 9.17) is 0 Å². The van der Waals surface area contributed by atoms with Crippen LogP contribution in [0.2, 0.25) is 44.4 Å². The lowest BCUT2D eigenvalue weighted by atomic mass is 10.6. The summed E-state index contributed by atoms with van der Waals surface area (Å²) in [7, 11) is -2.67. The molecule has 0 aromatic heterocycles.